The fraction of sp³-hybridized carbons (Fsp3) is 0.500. The Morgan fingerprint density at radius 1 is 1.45 bits per heavy atom. The predicted molar refractivity (Wildman–Crippen MR) is 78.1 cm³/mol. The first kappa shape index (κ1) is 16.3. The van der Waals surface area contributed by atoms with Crippen LogP contribution in [0.3, 0.4) is 0 Å². The van der Waals surface area contributed by atoms with Crippen LogP contribution in [-0.2, 0) is 6.54 Å². The van der Waals surface area contributed by atoms with Crippen LogP contribution in [0.25, 0.3) is 0 Å². The van der Waals surface area contributed by atoms with Gasteiger partial charge in [0.2, 0.25) is 0 Å². The molecule has 0 bridgehead atoms. The average Bonchev–Trinajstić information content (AvgIpc) is 2.44. The molecule has 20 heavy (non-hydrogen) atoms. The molecule has 112 valence electrons. The van der Waals surface area contributed by atoms with Gasteiger partial charge in [-0.1, -0.05) is 11.2 Å². The van der Waals surface area contributed by atoms with E-state index < -0.39 is 0 Å². The van der Waals surface area contributed by atoms with Crippen molar-refractivity contribution in [1.29, 1.82) is 0 Å². The molecule has 0 saturated heterocycles. The largest absolute Gasteiger partial charge is 0.496 e. The molecular weight excluding hydrogens is 258 g/mol. The third-order valence-electron chi connectivity index (χ3n) is 3.16. The minimum absolute atomic E-state index is 0.0157. The molecule has 1 aromatic rings. The number of oxime groups is 1. The normalized spacial score (nSPS) is 12.5. The van der Waals surface area contributed by atoms with E-state index in [1.807, 2.05) is 26.0 Å². The van der Waals surface area contributed by atoms with Crippen LogP contribution in [0.15, 0.2) is 23.4 Å². The second-order valence-corrected chi connectivity index (χ2v) is 5.23. The molecule has 0 radical (unpaired) electrons. The highest BCUT2D eigenvalue weighted by atomic mass is 16.5. The van der Waals surface area contributed by atoms with E-state index in [1.165, 1.54) is 7.11 Å². The van der Waals surface area contributed by atoms with Gasteiger partial charge in [-0.25, -0.2) is 0 Å². The number of nitrogens with two attached hydrogens (primary N) is 1. The van der Waals surface area contributed by atoms with Crippen molar-refractivity contribution in [3.05, 3.63) is 29.3 Å². The molecule has 0 aliphatic heterocycles. The zero-order valence-electron chi connectivity index (χ0n) is 12.2. The summed E-state index contributed by atoms with van der Waals surface area (Å²) in [6.45, 7) is 4.85. The Bertz CT molecular complexity index is 473. The number of hydrogen-bond donors (Lipinski definition) is 4. The fourth-order valence-corrected chi connectivity index (χ4v) is 1.82. The molecule has 0 aromatic heterocycles. The van der Waals surface area contributed by atoms with Crippen molar-refractivity contribution in [2.24, 2.45) is 10.9 Å². The van der Waals surface area contributed by atoms with Crippen LogP contribution in [0.5, 0.6) is 5.75 Å². The number of rotatable bonds is 7. The summed E-state index contributed by atoms with van der Waals surface area (Å²) in [6.07, 6.45) is 0.673. The number of aliphatic hydroxyl groups excluding tert-OH is 1. The number of amidine groups is 1. The molecule has 6 heteroatoms. The molecule has 0 aliphatic rings. The third kappa shape index (κ3) is 4.40. The Morgan fingerprint density at radius 3 is 2.70 bits per heavy atom. The van der Waals surface area contributed by atoms with E-state index in [4.69, 9.17) is 20.8 Å². The number of benzene rings is 1. The van der Waals surface area contributed by atoms with Gasteiger partial charge in [0.15, 0.2) is 5.84 Å². The number of nitrogens with zero attached hydrogens (tertiary/aromatic N) is 1. The molecule has 1 rings (SSSR count). The van der Waals surface area contributed by atoms with E-state index in [2.05, 4.69) is 10.5 Å². The summed E-state index contributed by atoms with van der Waals surface area (Å²) in [5, 5.41) is 24.1. The zero-order valence-corrected chi connectivity index (χ0v) is 12.2. The first-order valence-electron chi connectivity index (χ1n) is 6.44. The highest BCUT2D eigenvalue weighted by Crippen LogP contribution is 2.20. The first-order valence-corrected chi connectivity index (χ1v) is 6.44. The molecular formula is C14H23N3O3. The van der Waals surface area contributed by atoms with Crippen molar-refractivity contribution >= 4 is 5.84 Å². The SMILES string of the molecule is COc1cc(CNC(C)(C)CCO)ccc1/C(N)=N/O. The van der Waals surface area contributed by atoms with Gasteiger partial charge in [0.25, 0.3) is 0 Å². The maximum absolute atomic E-state index is 9.00. The minimum atomic E-state index is -0.147. The van der Waals surface area contributed by atoms with E-state index in [0.717, 1.165) is 5.56 Å². The predicted octanol–water partition coefficient (Wildman–Crippen LogP) is 1.04. The Balaban J connectivity index is 2.84. The molecule has 6 nitrogen and oxygen atoms in total. The molecule has 0 heterocycles. The van der Waals surface area contributed by atoms with Crippen LogP contribution in [0, 0.1) is 0 Å². The van der Waals surface area contributed by atoms with E-state index in [1.54, 1.807) is 6.07 Å². The van der Waals surface area contributed by atoms with Gasteiger partial charge >= 0.3 is 0 Å². The number of methoxy groups -OCH3 is 1. The van der Waals surface area contributed by atoms with Crippen molar-refractivity contribution in [3.63, 3.8) is 0 Å². The van der Waals surface area contributed by atoms with Crippen molar-refractivity contribution in [3.8, 4) is 5.75 Å². The molecule has 0 fully saturated rings. The lowest BCUT2D eigenvalue weighted by atomic mass is 10.0. The summed E-state index contributed by atoms with van der Waals surface area (Å²) in [7, 11) is 1.54. The van der Waals surface area contributed by atoms with E-state index in [0.29, 0.717) is 24.3 Å². The van der Waals surface area contributed by atoms with Crippen molar-refractivity contribution in [2.45, 2.75) is 32.4 Å². The summed E-state index contributed by atoms with van der Waals surface area (Å²) in [5.41, 5.74) is 7.00. The Morgan fingerprint density at radius 2 is 2.15 bits per heavy atom. The summed E-state index contributed by atoms with van der Waals surface area (Å²) in [6, 6.07) is 5.48. The van der Waals surface area contributed by atoms with Gasteiger partial charge in [-0.3, -0.25) is 0 Å². The van der Waals surface area contributed by atoms with Crippen molar-refractivity contribution in [1.82, 2.24) is 5.32 Å². The average molecular weight is 281 g/mol. The van der Waals surface area contributed by atoms with Gasteiger partial charge in [-0.2, -0.15) is 0 Å². The smallest absolute Gasteiger partial charge is 0.173 e. The fourth-order valence-electron chi connectivity index (χ4n) is 1.82. The molecule has 0 spiro atoms. The molecule has 0 amide bonds. The maximum atomic E-state index is 9.00. The van der Waals surface area contributed by atoms with Gasteiger partial charge in [0.1, 0.15) is 5.75 Å². The second kappa shape index (κ2) is 7.12. The van der Waals surface area contributed by atoms with Gasteiger partial charge in [-0.05, 0) is 38.0 Å². The van der Waals surface area contributed by atoms with Gasteiger partial charge in [0, 0.05) is 18.7 Å². The minimum Gasteiger partial charge on any atom is -0.496 e. The summed E-state index contributed by atoms with van der Waals surface area (Å²) < 4.78 is 5.25. The van der Waals surface area contributed by atoms with Crippen LogP contribution in [0.2, 0.25) is 0 Å². The third-order valence-corrected chi connectivity index (χ3v) is 3.16. The van der Waals surface area contributed by atoms with E-state index in [-0.39, 0.29) is 18.0 Å². The lowest BCUT2D eigenvalue weighted by molar-refractivity contribution is 0.230. The molecule has 1 aromatic carbocycles. The zero-order chi connectivity index (χ0) is 15.2. The molecule has 0 unspecified atom stereocenters. The Labute approximate surface area is 119 Å². The van der Waals surface area contributed by atoms with Crippen molar-refractivity contribution in [2.75, 3.05) is 13.7 Å². The van der Waals surface area contributed by atoms with Gasteiger partial charge in [0.05, 0.1) is 12.7 Å². The van der Waals surface area contributed by atoms with Crippen LogP contribution in [0.1, 0.15) is 31.4 Å². The maximum Gasteiger partial charge on any atom is 0.173 e. The lowest BCUT2D eigenvalue weighted by Crippen LogP contribution is -2.39. The van der Waals surface area contributed by atoms with Crippen LogP contribution < -0.4 is 15.8 Å². The first-order chi connectivity index (χ1) is 9.43. The number of nitrogens with one attached hydrogen (secondary N) is 1. The van der Waals surface area contributed by atoms with Crippen LogP contribution >= 0.6 is 0 Å². The Hall–Kier alpha value is -1.79. The van der Waals surface area contributed by atoms with E-state index in [9.17, 15) is 0 Å². The van der Waals surface area contributed by atoms with Crippen LogP contribution in [-0.4, -0.2) is 35.4 Å². The topological polar surface area (TPSA) is 100 Å². The number of ether oxygens (including phenoxy) is 1. The van der Waals surface area contributed by atoms with Gasteiger partial charge in [-0.15, -0.1) is 0 Å². The van der Waals surface area contributed by atoms with Crippen molar-refractivity contribution < 1.29 is 15.1 Å². The summed E-state index contributed by atoms with van der Waals surface area (Å²) in [5.74, 6) is 0.571. The standard InChI is InChI=1S/C14H23N3O3/c1-14(2,6-7-18)16-9-10-4-5-11(13(15)17-19)12(8-10)20-3/h4-5,8,16,18-19H,6-7,9H2,1-3H3,(H2,15,17). The lowest BCUT2D eigenvalue weighted by Gasteiger charge is -2.25. The highest BCUT2D eigenvalue weighted by molar-refractivity contribution is 5.99. The number of aliphatic hydroxyl groups is 1. The monoisotopic (exact) mass is 281 g/mol. The molecule has 0 aliphatic carbocycles. The molecule has 5 N–H and O–H groups in total. The highest BCUT2D eigenvalue weighted by Gasteiger charge is 2.16. The second-order valence-electron chi connectivity index (χ2n) is 5.23. The summed E-state index contributed by atoms with van der Waals surface area (Å²) in [4.78, 5) is 0. The summed E-state index contributed by atoms with van der Waals surface area (Å²) >= 11 is 0. The van der Waals surface area contributed by atoms with E-state index >= 15 is 0 Å². The quantitative estimate of drug-likeness (QED) is 0.259. The molecule has 0 atom stereocenters. The number of hydrogen-bond acceptors (Lipinski definition) is 5. The van der Waals surface area contributed by atoms with Gasteiger partial charge < -0.3 is 26.1 Å². The van der Waals surface area contributed by atoms with Crippen LogP contribution in [0.4, 0.5) is 0 Å². The molecule has 0 saturated carbocycles. The Kier molecular flexibility index (Phi) is 5.79.